The van der Waals surface area contributed by atoms with Crippen LogP contribution in [-0.2, 0) is 10.0 Å². The molecule has 0 radical (unpaired) electrons. The summed E-state index contributed by atoms with van der Waals surface area (Å²) in [6, 6.07) is 3.10. The largest absolute Gasteiger partial charge is 0.227 e. The third kappa shape index (κ3) is 2.80. The molecule has 4 nitrogen and oxygen atoms in total. The second-order valence-electron chi connectivity index (χ2n) is 3.29. The first-order valence-electron chi connectivity index (χ1n) is 4.71. The van der Waals surface area contributed by atoms with E-state index in [-0.39, 0.29) is 5.56 Å². The van der Waals surface area contributed by atoms with Crippen molar-refractivity contribution in [2.75, 3.05) is 13.3 Å². The van der Waals surface area contributed by atoms with E-state index in [0.29, 0.717) is 0 Å². The number of hydrogen-bond acceptors (Lipinski definition) is 4. The number of nitrogens with zero attached hydrogens (tertiary/aromatic N) is 1. The number of thioether (sulfide) groups is 1. The van der Waals surface area contributed by atoms with E-state index >= 15 is 0 Å². The zero-order valence-electron chi connectivity index (χ0n) is 9.57. The summed E-state index contributed by atoms with van der Waals surface area (Å²) in [6.07, 6.45) is 1.51. The van der Waals surface area contributed by atoms with Gasteiger partial charge in [0.15, 0.2) is 0 Å². The molecule has 0 heterocycles. The minimum Gasteiger partial charge on any atom is -0.217 e. The van der Waals surface area contributed by atoms with E-state index in [1.807, 2.05) is 0 Å². The second-order valence-corrected chi connectivity index (χ2v) is 6.50. The van der Waals surface area contributed by atoms with Crippen molar-refractivity contribution in [2.45, 2.75) is 4.58 Å². The molecule has 0 saturated carbocycles. The summed E-state index contributed by atoms with van der Waals surface area (Å²) in [7, 11) is -2.50. The standard InChI is InChI=1S/C10H10F2N2O2S2/c1-14-18(15,16)10(17-2)6-3-8(11)7(5-13)9(12)4-6/h3-4,10,14H,1-2H3. The molecule has 0 aliphatic heterocycles. The molecule has 0 aliphatic rings. The van der Waals surface area contributed by atoms with Gasteiger partial charge in [0.25, 0.3) is 0 Å². The Labute approximate surface area is 108 Å². The molecule has 0 saturated heterocycles. The fourth-order valence-corrected chi connectivity index (χ4v) is 3.80. The van der Waals surface area contributed by atoms with Gasteiger partial charge in [-0.2, -0.15) is 5.26 Å². The molecule has 1 aromatic carbocycles. The number of hydrogen-bond donors (Lipinski definition) is 1. The lowest BCUT2D eigenvalue weighted by Crippen LogP contribution is -2.24. The molecule has 0 aliphatic carbocycles. The molecule has 0 spiro atoms. The number of sulfonamides is 1. The predicted octanol–water partition coefficient (Wildman–Crippen LogP) is 1.75. The smallest absolute Gasteiger partial charge is 0.217 e. The SMILES string of the molecule is CNS(=O)(=O)C(SC)c1cc(F)c(C#N)c(F)c1. The number of nitrogens with one attached hydrogen (secondary N) is 1. The highest BCUT2D eigenvalue weighted by atomic mass is 32.3. The Morgan fingerprint density at radius 3 is 2.22 bits per heavy atom. The topological polar surface area (TPSA) is 70.0 Å². The number of nitriles is 1. The zero-order valence-corrected chi connectivity index (χ0v) is 11.2. The van der Waals surface area contributed by atoms with Gasteiger partial charge in [-0.1, -0.05) is 0 Å². The molecule has 1 unspecified atom stereocenters. The van der Waals surface area contributed by atoms with Gasteiger partial charge in [-0.15, -0.1) is 11.8 Å². The molecule has 1 rings (SSSR count). The molecule has 8 heteroatoms. The molecule has 0 fully saturated rings. The van der Waals surface area contributed by atoms with Crippen LogP contribution >= 0.6 is 11.8 Å². The van der Waals surface area contributed by atoms with Gasteiger partial charge in [-0.25, -0.2) is 21.9 Å². The van der Waals surface area contributed by atoms with Gasteiger partial charge in [0.1, 0.15) is 27.8 Å². The number of halogens is 2. The Kier molecular flexibility index (Phi) is 4.67. The lowest BCUT2D eigenvalue weighted by atomic mass is 10.1. The minimum absolute atomic E-state index is 0.0501. The molecule has 1 aromatic rings. The van der Waals surface area contributed by atoms with E-state index in [1.165, 1.54) is 19.4 Å². The monoisotopic (exact) mass is 292 g/mol. The lowest BCUT2D eigenvalue weighted by molar-refractivity contribution is 0.571. The van der Waals surface area contributed by atoms with Crippen molar-refractivity contribution < 1.29 is 17.2 Å². The van der Waals surface area contributed by atoms with Crippen molar-refractivity contribution in [3.8, 4) is 6.07 Å². The highest BCUT2D eigenvalue weighted by Crippen LogP contribution is 2.33. The van der Waals surface area contributed by atoms with Crippen LogP contribution in [0.15, 0.2) is 12.1 Å². The Morgan fingerprint density at radius 2 is 1.89 bits per heavy atom. The van der Waals surface area contributed by atoms with Crippen LogP contribution in [0.4, 0.5) is 8.78 Å². The molecule has 18 heavy (non-hydrogen) atoms. The summed E-state index contributed by atoms with van der Waals surface area (Å²) in [5.41, 5.74) is -0.772. The van der Waals surface area contributed by atoms with E-state index in [4.69, 9.17) is 5.26 Å². The van der Waals surface area contributed by atoms with Gasteiger partial charge in [0.2, 0.25) is 10.0 Å². The first-order chi connectivity index (χ1) is 8.37. The van der Waals surface area contributed by atoms with E-state index in [1.54, 1.807) is 0 Å². The van der Waals surface area contributed by atoms with E-state index in [0.717, 1.165) is 23.9 Å². The van der Waals surface area contributed by atoms with Gasteiger partial charge >= 0.3 is 0 Å². The van der Waals surface area contributed by atoms with Crippen LogP contribution in [0.25, 0.3) is 0 Å². The Balaban J connectivity index is 3.39. The third-order valence-electron chi connectivity index (χ3n) is 2.23. The quantitative estimate of drug-likeness (QED) is 0.918. The molecule has 0 aromatic heterocycles. The maximum absolute atomic E-state index is 13.4. The van der Waals surface area contributed by atoms with Gasteiger partial charge in [-0.05, 0) is 31.0 Å². The third-order valence-corrected chi connectivity index (χ3v) is 5.67. The average Bonchev–Trinajstić information content (AvgIpc) is 2.29. The van der Waals surface area contributed by atoms with E-state index in [9.17, 15) is 17.2 Å². The Morgan fingerprint density at radius 1 is 1.39 bits per heavy atom. The highest BCUT2D eigenvalue weighted by Gasteiger charge is 2.27. The molecule has 1 N–H and O–H groups in total. The zero-order chi connectivity index (χ0) is 13.9. The first kappa shape index (κ1) is 14.9. The first-order valence-corrected chi connectivity index (χ1v) is 7.55. The van der Waals surface area contributed by atoms with Gasteiger partial charge in [-0.3, -0.25) is 0 Å². The van der Waals surface area contributed by atoms with Crippen LogP contribution in [-0.4, -0.2) is 21.7 Å². The van der Waals surface area contributed by atoms with E-state index in [2.05, 4.69) is 4.72 Å². The van der Waals surface area contributed by atoms with Gasteiger partial charge < -0.3 is 0 Å². The van der Waals surface area contributed by atoms with Gasteiger partial charge in [0.05, 0.1) is 0 Å². The van der Waals surface area contributed by atoms with Crippen LogP contribution in [0.3, 0.4) is 0 Å². The maximum Gasteiger partial charge on any atom is 0.227 e. The summed E-state index contributed by atoms with van der Waals surface area (Å²) in [4.78, 5) is 0. The second kappa shape index (κ2) is 5.65. The molecule has 0 bridgehead atoms. The molecule has 1 atom stereocenters. The Bertz CT molecular complexity index is 573. The summed E-state index contributed by atoms with van der Waals surface area (Å²) >= 11 is 0.919. The summed E-state index contributed by atoms with van der Waals surface area (Å²) < 4.78 is 51.1. The number of rotatable bonds is 4. The van der Waals surface area contributed by atoms with Crippen molar-refractivity contribution in [3.63, 3.8) is 0 Å². The highest BCUT2D eigenvalue weighted by molar-refractivity contribution is 8.11. The van der Waals surface area contributed by atoms with Crippen molar-refractivity contribution in [3.05, 3.63) is 34.9 Å². The van der Waals surface area contributed by atoms with Crippen LogP contribution in [0.5, 0.6) is 0 Å². The molecule has 98 valence electrons. The molecule has 0 amide bonds. The maximum atomic E-state index is 13.4. The summed E-state index contributed by atoms with van der Waals surface area (Å²) in [5.74, 6) is -2.14. The van der Waals surface area contributed by atoms with Crippen LogP contribution in [0.1, 0.15) is 15.7 Å². The normalized spacial score (nSPS) is 13.1. The summed E-state index contributed by atoms with van der Waals surface area (Å²) in [6.45, 7) is 0. The summed E-state index contributed by atoms with van der Waals surface area (Å²) in [5, 5.41) is 8.53. The van der Waals surface area contributed by atoms with Gasteiger partial charge in [0, 0.05) is 0 Å². The van der Waals surface area contributed by atoms with Crippen molar-refractivity contribution in [2.24, 2.45) is 0 Å². The predicted molar refractivity (Wildman–Crippen MR) is 65.3 cm³/mol. The molecular formula is C10H10F2N2O2S2. The van der Waals surface area contributed by atoms with Crippen molar-refractivity contribution in [1.29, 1.82) is 5.26 Å². The van der Waals surface area contributed by atoms with E-state index < -0.39 is 31.8 Å². The fraction of sp³-hybridized carbons (Fsp3) is 0.300. The van der Waals surface area contributed by atoms with Crippen molar-refractivity contribution >= 4 is 21.8 Å². The van der Waals surface area contributed by atoms with Crippen LogP contribution < -0.4 is 4.72 Å². The van der Waals surface area contributed by atoms with Crippen LogP contribution in [0, 0.1) is 23.0 Å². The lowest BCUT2D eigenvalue weighted by Gasteiger charge is -2.15. The average molecular weight is 292 g/mol. The van der Waals surface area contributed by atoms with Crippen molar-refractivity contribution in [1.82, 2.24) is 4.72 Å². The fourth-order valence-electron chi connectivity index (χ4n) is 1.38. The molecular weight excluding hydrogens is 282 g/mol. The number of benzene rings is 1. The minimum atomic E-state index is -3.72. The van der Waals surface area contributed by atoms with Crippen LogP contribution in [0.2, 0.25) is 0 Å². The Hall–Kier alpha value is -1.17.